The molecule has 0 aliphatic carbocycles. The molecule has 0 spiro atoms. The second-order valence-corrected chi connectivity index (χ2v) is 4.93. The second kappa shape index (κ2) is 3.82. The van der Waals surface area contributed by atoms with Gasteiger partial charge in [0.2, 0.25) is 0 Å². The van der Waals surface area contributed by atoms with Crippen molar-refractivity contribution < 1.29 is 9.90 Å². The largest absolute Gasteiger partial charge is 0.369 e. The van der Waals surface area contributed by atoms with E-state index in [0.29, 0.717) is 5.56 Å². The van der Waals surface area contributed by atoms with Crippen LogP contribution in [0.5, 0.6) is 0 Å². The summed E-state index contributed by atoms with van der Waals surface area (Å²) in [5.74, 6) is -0.0956. The molecular weight excluding hydrogens is 226 g/mol. The number of carbonyl (C=O) groups is 1. The summed E-state index contributed by atoms with van der Waals surface area (Å²) in [5.41, 5.74) is 1.50. The number of hydrogen-bond acceptors (Lipinski definition) is 2. The zero-order valence-corrected chi connectivity index (χ0v) is 10.4. The molecule has 1 atom stereocenters. The lowest BCUT2D eigenvalue weighted by Crippen LogP contribution is -2.42. The lowest BCUT2D eigenvalue weighted by atomic mass is 9.93. The van der Waals surface area contributed by atoms with E-state index in [1.54, 1.807) is 0 Å². The topological polar surface area (TPSA) is 40.5 Å². The summed E-state index contributed by atoms with van der Waals surface area (Å²) in [5, 5.41) is 12.3. The predicted molar refractivity (Wildman–Crippen MR) is 70.2 cm³/mol. The number of aliphatic hydroxyl groups excluding tert-OH is 1. The Labute approximate surface area is 106 Å². The molecule has 3 heteroatoms. The third-order valence-corrected chi connectivity index (χ3v) is 3.50. The summed E-state index contributed by atoms with van der Waals surface area (Å²) < 4.78 is 0. The van der Waals surface area contributed by atoms with E-state index in [9.17, 15) is 9.90 Å². The molecule has 3 rings (SSSR count). The highest BCUT2D eigenvalue weighted by Crippen LogP contribution is 2.36. The van der Waals surface area contributed by atoms with Crippen molar-refractivity contribution in [3.8, 4) is 0 Å². The zero-order valence-electron chi connectivity index (χ0n) is 10.4. The fraction of sp³-hybridized carbons (Fsp3) is 0.267. The van der Waals surface area contributed by atoms with E-state index in [1.807, 2.05) is 50.2 Å². The van der Waals surface area contributed by atoms with Gasteiger partial charge in [-0.2, -0.15) is 0 Å². The molecule has 18 heavy (non-hydrogen) atoms. The van der Waals surface area contributed by atoms with Gasteiger partial charge in [-0.15, -0.1) is 0 Å². The van der Waals surface area contributed by atoms with E-state index < -0.39 is 6.23 Å². The minimum absolute atomic E-state index is 0.0314. The molecular formula is C15H15NO2. The summed E-state index contributed by atoms with van der Waals surface area (Å²) in [4.78, 5) is 13.9. The monoisotopic (exact) mass is 241 g/mol. The van der Waals surface area contributed by atoms with Crippen LogP contribution in [0.3, 0.4) is 0 Å². The Bertz CT molecular complexity index is 628. The summed E-state index contributed by atoms with van der Waals surface area (Å²) in [6, 6.07) is 11.4. The van der Waals surface area contributed by atoms with Gasteiger partial charge in [0.05, 0.1) is 0 Å². The number of nitrogens with zero attached hydrogens (tertiary/aromatic N) is 1. The molecule has 1 heterocycles. The number of aliphatic hydroxyl groups is 1. The van der Waals surface area contributed by atoms with E-state index in [-0.39, 0.29) is 11.9 Å². The van der Waals surface area contributed by atoms with Crippen molar-refractivity contribution in [3.63, 3.8) is 0 Å². The third kappa shape index (κ3) is 1.37. The van der Waals surface area contributed by atoms with Gasteiger partial charge in [0, 0.05) is 22.6 Å². The van der Waals surface area contributed by atoms with Crippen LogP contribution in [0.4, 0.5) is 0 Å². The van der Waals surface area contributed by atoms with Crippen molar-refractivity contribution in [2.45, 2.75) is 26.1 Å². The van der Waals surface area contributed by atoms with Gasteiger partial charge in [-0.05, 0) is 25.3 Å². The first-order chi connectivity index (χ1) is 8.61. The van der Waals surface area contributed by atoms with Crippen LogP contribution in [-0.4, -0.2) is 22.0 Å². The Morgan fingerprint density at radius 3 is 2.50 bits per heavy atom. The van der Waals surface area contributed by atoms with Crippen LogP contribution < -0.4 is 0 Å². The minimum Gasteiger partial charge on any atom is -0.369 e. The summed E-state index contributed by atoms with van der Waals surface area (Å²) in [6.45, 7) is 3.82. The fourth-order valence-electron chi connectivity index (χ4n) is 2.68. The molecule has 0 bridgehead atoms. The molecule has 1 N–H and O–H groups in total. The Balaban J connectivity index is 2.35. The molecule has 3 nitrogen and oxygen atoms in total. The maximum atomic E-state index is 12.4. The quantitative estimate of drug-likeness (QED) is 0.834. The van der Waals surface area contributed by atoms with Crippen LogP contribution in [0.2, 0.25) is 0 Å². The molecule has 0 fully saturated rings. The second-order valence-electron chi connectivity index (χ2n) is 4.93. The summed E-state index contributed by atoms with van der Waals surface area (Å²) in [6.07, 6.45) is -0.851. The summed E-state index contributed by atoms with van der Waals surface area (Å²) in [7, 11) is 0. The van der Waals surface area contributed by atoms with Gasteiger partial charge in [-0.3, -0.25) is 4.79 Å². The predicted octanol–water partition coefficient (Wildman–Crippen LogP) is 2.69. The maximum Gasteiger partial charge on any atom is 0.257 e. The smallest absolute Gasteiger partial charge is 0.257 e. The third-order valence-electron chi connectivity index (χ3n) is 3.50. The van der Waals surface area contributed by atoms with E-state index in [0.717, 1.165) is 16.3 Å². The van der Waals surface area contributed by atoms with Crippen molar-refractivity contribution in [2.24, 2.45) is 0 Å². The maximum absolute atomic E-state index is 12.4. The number of benzene rings is 2. The highest BCUT2D eigenvalue weighted by Gasteiger charge is 2.33. The highest BCUT2D eigenvalue weighted by molar-refractivity contribution is 6.10. The lowest BCUT2D eigenvalue weighted by Gasteiger charge is -2.36. The Kier molecular flexibility index (Phi) is 2.38. The minimum atomic E-state index is -0.851. The SMILES string of the molecule is CC(C)N1C(=O)c2cccc3cccc(c23)C1O. The van der Waals surface area contributed by atoms with Crippen molar-refractivity contribution >= 4 is 16.7 Å². The van der Waals surface area contributed by atoms with Crippen molar-refractivity contribution in [1.82, 2.24) is 4.90 Å². The lowest BCUT2D eigenvalue weighted by molar-refractivity contribution is -0.00897. The highest BCUT2D eigenvalue weighted by atomic mass is 16.3. The van der Waals surface area contributed by atoms with Gasteiger partial charge >= 0.3 is 0 Å². The molecule has 1 aliphatic heterocycles. The van der Waals surface area contributed by atoms with Crippen LogP contribution in [0, 0.1) is 0 Å². The Morgan fingerprint density at radius 2 is 1.83 bits per heavy atom. The molecule has 0 aromatic heterocycles. The Hall–Kier alpha value is -1.87. The molecule has 1 unspecified atom stereocenters. The van der Waals surface area contributed by atoms with Gasteiger partial charge in [-0.25, -0.2) is 0 Å². The van der Waals surface area contributed by atoms with Crippen LogP contribution in [-0.2, 0) is 0 Å². The van der Waals surface area contributed by atoms with Crippen LogP contribution >= 0.6 is 0 Å². The molecule has 2 aromatic rings. The Morgan fingerprint density at radius 1 is 1.17 bits per heavy atom. The zero-order chi connectivity index (χ0) is 12.9. The molecule has 0 saturated carbocycles. The fourth-order valence-corrected chi connectivity index (χ4v) is 2.68. The number of rotatable bonds is 1. The van der Waals surface area contributed by atoms with Crippen LogP contribution in [0.1, 0.15) is 36.0 Å². The van der Waals surface area contributed by atoms with E-state index in [1.165, 1.54) is 4.90 Å². The molecule has 1 aliphatic rings. The van der Waals surface area contributed by atoms with Gasteiger partial charge in [-0.1, -0.05) is 30.3 Å². The van der Waals surface area contributed by atoms with Crippen molar-refractivity contribution in [3.05, 3.63) is 47.5 Å². The van der Waals surface area contributed by atoms with Crippen LogP contribution in [0.15, 0.2) is 36.4 Å². The van der Waals surface area contributed by atoms with E-state index in [4.69, 9.17) is 0 Å². The average Bonchev–Trinajstić information content (AvgIpc) is 2.35. The van der Waals surface area contributed by atoms with Gasteiger partial charge in [0.1, 0.15) is 0 Å². The molecule has 1 amide bonds. The number of hydrogen-bond donors (Lipinski definition) is 1. The standard InChI is InChI=1S/C15H15NO2/c1-9(2)16-14(17)11-7-3-5-10-6-4-8-12(13(10)11)15(16)18/h3-9,14,17H,1-2H3. The van der Waals surface area contributed by atoms with Crippen LogP contribution in [0.25, 0.3) is 10.8 Å². The van der Waals surface area contributed by atoms with Gasteiger partial charge in [0.15, 0.2) is 6.23 Å². The van der Waals surface area contributed by atoms with Gasteiger partial charge in [0.25, 0.3) is 5.91 Å². The normalized spacial score (nSPS) is 18.8. The van der Waals surface area contributed by atoms with Crippen molar-refractivity contribution in [1.29, 1.82) is 0 Å². The first-order valence-electron chi connectivity index (χ1n) is 6.13. The molecule has 2 aromatic carbocycles. The van der Waals surface area contributed by atoms with Crippen molar-refractivity contribution in [2.75, 3.05) is 0 Å². The summed E-state index contributed by atoms with van der Waals surface area (Å²) >= 11 is 0. The average molecular weight is 241 g/mol. The van der Waals surface area contributed by atoms with E-state index >= 15 is 0 Å². The first kappa shape index (κ1) is 11.2. The number of carbonyl (C=O) groups excluding carboxylic acids is 1. The van der Waals surface area contributed by atoms with E-state index in [2.05, 4.69) is 0 Å². The molecule has 92 valence electrons. The number of amides is 1. The molecule has 0 saturated heterocycles. The van der Waals surface area contributed by atoms with Gasteiger partial charge < -0.3 is 10.0 Å². The first-order valence-corrected chi connectivity index (χ1v) is 6.13. The molecule has 0 radical (unpaired) electrons.